The average Bonchev–Trinajstić information content (AvgIpc) is 2.61. The quantitative estimate of drug-likeness (QED) is 0.601. The number of methoxy groups -OCH3 is 3. The van der Waals surface area contributed by atoms with Crippen LogP contribution in [0.4, 0.5) is 5.69 Å². The molecule has 24 heavy (non-hydrogen) atoms. The zero-order chi connectivity index (χ0) is 17.5. The number of hydrogen-bond acceptors (Lipinski definition) is 5. The van der Waals surface area contributed by atoms with E-state index in [-0.39, 0.29) is 5.78 Å². The molecule has 6 heteroatoms. The normalized spacial score (nSPS) is 10.5. The van der Waals surface area contributed by atoms with Crippen LogP contribution in [0, 0.1) is 0 Å². The minimum atomic E-state index is -0.198. The van der Waals surface area contributed by atoms with Crippen LogP contribution in [-0.2, 0) is 0 Å². The van der Waals surface area contributed by atoms with Gasteiger partial charge in [-0.25, -0.2) is 0 Å². The lowest BCUT2D eigenvalue weighted by molar-refractivity contribution is 0.104. The lowest BCUT2D eigenvalue weighted by atomic mass is 10.1. The summed E-state index contributed by atoms with van der Waals surface area (Å²) in [6.07, 6.45) is 2.99. The minimum Gasteiger partial charge on any atom is -0.493 e. The summed E-state index contributed by atoms with van der Waals surface area (Å²) in [5, 5.41) is 3.66. The monoisotopic (exact) mass is 347 g/mol. The lowest BCUT2D eigenvalue weighted by Gasteiger charge is -2.13. The first-order valence-corrected chi connectivity index (χ1v) is 7.49. The topological polar surface area (TPSA) is 56.8 Å². The van der Waals surface area contributed by atoms with E-state index < -0.39 is 0 Å². The van der Waals surface area contributed by atoms with Crippen molar-refractivity contribution in [1.29, 1.82) is 0 Å². The van der Waals surface area contributed by atoms with Gasteiger partial charge in [0, 0.05) is 28.5 Å². The summed E-state index contributed by atoms with van der Waals surface area (Å²) in [6.45, 7) is 0. The second kappa shape index (κ2) is 8.26. The molecule has 0 aliphatic carbocycles. The Kier molecular flexibility index (Phi) is 6.09. The Morgan fingerprint density at radius 1 is 1.00 bits per heavy atom. The highest BCUT2D eigenvalue weighted by atomic mass is 35.5. The first-order chi connectivity index (χ1) is 11.6. The molecule has 2 aromatic rings. The number of allylic oxidation sites excluding steroid dienone is 1. The molecule has 0 aliphatic heterocycles. The smallest absolute Gasteiger partial charge is 0.203 e. The molecule has 0 saturated heterocycles. The largest absolute Gasteiger partial charge is 0.493 e. The molecule has 0 aliphatic rings. The van der Waals surface area contributed by atoms with Gasteiger partial charge in [-0.15, -0.1) is 0 Å². The molecule has 0 fully saturated rings. The average molecular weight is 348 g/mol. The fourth-order valence-electron chi connectivity index (χ4n) is 2.08. The van der Waals surface area contributed by atoms with Crippen LogP contribution in [0.25, 0.3) is 0 Å². The van der Waals surface area contributed by atoms with Crippen LogP contribution in [-0.4, -0.2) is 27.1 Å². The molecule has 0 heterocycles. The number of benzene rings is 2. The van der Waals surface area contributed by atoms with Crippen molar-refractivity contribution < 1.29 is 19.0 Å². The summed E-state index contributed by atoms with van der Waals surface area (Å²) in [5.41, 5.74) is 1.26. The zero-order valence-corrected chi connectivity index (χ0v) is 14.4. The second-order valence-corrected chi connectivity index (χ2v) is 5.20. The van der Waals surface area contributed by atoms with Crippen molar-refractivity contribution in [2.24, 2.45) is 0 Å². The van der Waals surface area contributed by atoms with Gasteiger partial charge >= 0.3 is 0 Å². The highest BCUT2D eigenvalue weighted by Gasteiger charge is 2.15. The summed E-state index contributed by atoms with van der Waals surface area (Å²) in [4.78, 5) is 12.3. The first-order valence-electron chi connectivity index (χ1n) is 7.12. The van der Waals surface area contributed by atoms with E-state index in [2.05, 4.69) is 5.32 Å². The summed E-state index contributed by atoms with van der Waals surface area (Å²) in [7, 11) is 4.52. The minimum absolute atomic E-state index is 0.198. The molecule has 0 radical (unpaired) electrons. The zero-order valence-electron chi connectivity index (χ0n) is 13.6. The van der Waals surface area contributed by atoms with Gasteiger partial charge in [0.05, 0.1) is 21.3 Å². The van der Waals surface area contributed by atoms with E-state index >= 15 is 0 Å². The highest BCUT2D eigenvalue weighted by Crippen LogP contribution is 2.38. The number of rotatable bonds is 7. The lowest BCUT2D eigenvalue weighted by Crippen LogP contribution is -2.01. The van der Waals surface area contributed by atoms with E-state index in [4.69, 9.17) is 25.8 Å². The maximum Gasteiger partial charge on any atom is 0.203 e. The third kappa shape index (κ3) is 4.20. The first kappa shape index (κ1) is 17.7. The van der Waals surface area contributed by atoms with Crippen LogP contribution in [0.5, 0.6) is 17.2 Å². The van der Waals surface area contributed by atoms with E-state index in [1.54, 1.807) is 30.5 Å². The van der Waals surface area contributed by atoms with Crippen LogP contribution in [0.1, 0.15) is 10.4 Å². The summed E-state index contributed by atoms with van der Waals surface area (Å²) < 4.78 is 15.7. The van der Waals surface area contributed by atoms with Gasteiger partial charge in [-0.1, -0.05) is 11.6 Å². The highest BCUT2D eigenvalue weighted by molar-refractivity contribution is 6.30. The van der Waals surface area contributed by atoms with Crippen LogP contribution < -0.4 is 19.5 Å². The van der Waals surface area contributed by atoms with Gasteiger partial charge < -0.3 is 19.5 Å². The van der Waals surface area contributed by atoms with Crippen molar-refractivity contribution >= 4 is 23.1 Å². The summed E-state index contributed by atoms with van der Waals surface area (Å²) in [5.74, 6) is 1.11. The maximum atomic E-state index is 12.3. The van der Waals surface area contributed by atoms with Crippen molar-refractivity contribution in [3.63, 3.8) is 0 Å². The van der Waals surface area contributed by atoms with Crippen LogP contribution in [0.2, 0.25) is 5.02 Å². The number of ketones is 1. The van der Waals surface area contributed by atoms with Crippen molar-refractivity contribution in [2.75, 3.05) is 26.6 Å². The van der Waals surface area contributed by atoms with E-state index in [1.807, 2.05) is 12.1 Å². The molecular formula is C18H18ClNO4. The number of ether oxygens (including phenoxy) is 3. The fraction of sp³-hybridized carbons (Fsp3) is 0.167. The summed E-state index contributed by atoms with van der Waals surface area (Å²) in [6, 6.07) is 10.4. The van der Waals surface area contributed by atoms with Gasteiger partial charge in [-0.2, -0.15) is 0 Å². The molecule has 126 valence electrons. The number of carbonyl (C=O) groups excluding carboxylic acids is 1. The predicted molar refractivity (Wildman–Crippen MR) is 94.6 cm³/mol. The molecule has 0 unspecified atom stereocenters. The number of hydrogen-bond donors (Lipinski definition) is 1. The Bertz CT molecular complexity index is 716. The molecule has 2 rings (SSSR count). The molecule has 0 saturated carbocycles. The van der Waals surface area contributed by atoms with Crippen LogP contribution >= 0.6 is 11.6 Å². The van der Waals surface area contributed by atoms with Crippen molar-refractivity contribution in [3.05, 3.63) is 59.3 Å². The third-order valence-corrected chi connectivity index (χ3v) is 3.53. The number of carbonyl (C=O) groups is 1. The molecule has 0 bridgehead atoms. The Labute approximate surface area is 145 Å². The molecule has 1 N–H and O–H groups in total. The van der Waals surface area contributed by atoms with E-state index in [0.717, 1.165) is 5.69 Å². The molecular weight excluding hydrogens is 330 g/mol. The SMILES string of the molecule is COc1cc(C(=O)/C=C\Nc2ccc(Cl)cc2)cc(OC)c1OC. The summed E-state index contributed by atoms with van der Waals surface area (Å²) >= 11 is 5.82. The van der Waals surface area contributed by atoms with E-state index in [9.17, 15) is 4.79 Å². The second-order valence-electron chi connectivity index (χ2n) is 4.76. The molecule has 0 amide bonds. The molecule has 0 atom stereocenters. The molecule has 0 spiro atoms. The Balaban J connectivity index is 2.16. The fourth-order valence-corrected chi connectivity index (χ4v) is 2.21. The Hall–Kier alpha value is -2.66. The van der Waals surface area contributed by atoms with Crippen molar-refractivity contribution in [3.8, 4) is 17.2 Å². The van der Waals surface area contributed by atoms with Gasteiger partial charge in [0.1, 0.15) is 0 Å². The van der Waals surface area contributed by atoms with Gasteiger partial charge in [-0.05, 0) is 36.4 Å². The number of halogens is 1. The van der Waals surface area contributed by atoms with Crippen LogP contribution in [0.3, 0.4) is 0 Å². The van der Waals surface area contributed by atoms with Gasteiger partial charge in [0.15, 0.2) is 17.3 Å². The van der Waals surface area contributed by atoms with Gasteiger partial charge in [0.2, 0.25) is 5.75 Å². The third-order valence-electron chi connectivity index (χ3n) is 3.28. The number of nitrogens with one attached hydrogen (secondary N) is 1. The maximum absolute atomic E-state index is 12.3. The number of anilines is 1. The molecule has 0 aromatic heterocycles. The van der Waals surface area contributed by atoms with Crippen LogP contribution in [0.15, 0.2) is 48.7 Å². The standard InChI is InChI=1S/C18H18ClNO4/c1-22-16-10-12(11-17(23-2)18(16)24-3)15(21)8-9-20-14-6-4-13(19)5-7-14/h4-11,20H,1-3H3/b9-8-. The van der Waals surface area contributed by atoms with E-state index in [0.29, 0.717) is 27.8 Å². The Morgan fingerprint density at radius 2 is 1.58 bits per heavy atom. The van der Waals surface area contributed by atoms with Crippen molar-refractivity contribution in [2.45, 2.75) is 0 Å². The Morgan fingerprint density at radius 3 is 2.08 bits per heavy atom. The molecule has 5 nitrogen and oxygen atoms in total. The predicted octanol–water partition coefficient (Wildman–Crippen LogP) is 4.17. The van der Waals surface area contributed by atoms with E-state index in [1.165, 1.54) is 27.4 Å². The van der Waals surface area contributed by atoms with Gasteiger partial charge in [0.25, 0.3) is 0 Å². The van der Waals surface area contributed by atoms with Crippen molar-refractivity contribution in [1.82, 2.24) is 0 Å². The van der Waals surface area contributed by atoms with Gasteiger partial charge in [-0.3, -0.25) is 4.79 Å². The molecule has 2 aromatic carbocycles.